The molecule has 0 radical (unpaired) electrons. The predicted molar refractivity (Wildman–Crippen MR) is 78.2 cm³/mol. The first kappa shape index (κ1) is 13.4. The summed E-state index contributed by atoms with van der Waals surface area (Å²) in [6, 6.07) is 7.30. The second-order valence-electron chi connectivity index (χ2n) is 4.89. The molecule has 1 aromatic carbocycles. The maximum Gasteiger partial charge on any atom is 0.226 e. The lowest BCUT2D eigenvalue weighted by molar-refractivity contribution is -0.114. The normalized spacial score (nSPS) is 17.2. The third-order valence-corrected chi connectivity index (χ3v) is 3.61. The number of benzene rings is 1. The molecule has 0 amide bonds. The summed E-state index contributed by atoms with van der Waals surface area (Å²) in [7, 11) is 1.62. The lowest BCUT2D eigenvalue weighted by atomic mass is 9.92. The zero-order valence-corrected chi connectivity index (χ0v) is 12.1. The summed E-state index contributed by atoms with van der Waals surface area (Å²) >= 11 is 0. The number of nitrogens with zero attached hydrogens (tertiary/aromatic N) is 3. The van der Waals surface area contributed by atoms with Crippen LogP contribution in [-0.4, -0.2) is 27.7 Å². The molecule has 1 aliphatic heterocycles. The zero-order valence-electron chi connectivity index (χ0n) is 12.1. The van der Waals surface area contributed by atoms with Crippen LogP contribution in [0, 0.1) is 0 Å². The van der Waals surface area contributed by atoms with Crippen LogP contribution >= 0.6 is 0 Å². The highest BCUT2D eigenvalue weighted by atomic mass is 16.5. The van der Waals surface area contributed by atoms with E-state index in [1.165, 1.54) is 6.33 Å². The second kappa shape index (κ2) is 5.05. The highest BCUT2D eigenvalue weighted by Gasteiger charge is 2.33. The van der Waals surface area contributed by atoms with E-state index in [1.54, 1.807) is 18.7 Å². The molecule has 2 aromatic rings. The summed E-state index contributed by atoms with van der Waals surface area (Å²) in [4.78, 5) is 16.3. The highest BCUT2D eigenvalue weighted by Crippen LogP contribution is 2.38. The largest absolute Gasteiger partial charge is 0.496 e. The Morgan fingerprint density at radius 1 is 1.38 bits per heavy atom. The Balaban J connectivity index is 2.25. The molecule has 0 fully saturated rings. The number of hydrogen-bond donors (Lipinski definition) is 1. The summed E-state index contributed by atoms with van der Waals surface area (Å²) in [5.74, 6) is 1.34. The van der Waals surface area contributed by atoms with Crippen LogP contribution in [0.25, 0.3) is 0 Å². The van der Waals surface area contributed by atoms with Crippen molar-refractivity contribution in [2.24, 2.45) is 0 Å². The van der Waals surface area contributed by atoms with Gasteiger partial charge < -0.3 is 10.1 Å². The number of aromatic nitrogens is 3. The van der Waals surface area contributed by atoms with Crippen LogP contribution in [0.3, 0.4) is 0 Å². The maximum atomic E-state index is 12.1. The molecule has 0 spiro atoms. The zero-order chi connectivity index (χ0) is 15.0. The van der Waals surface area contributed by atoms with E-state index in [-0.39, 0.29) is 11.8 Å². The number of rotatable bonds is 3. The average Bonchev–Trinajstić information content (AvgIpc) is 2.93. The van der Waals surface area contributed by atoms with Gasteiger partial charge in [0.05, 0.1) is 7.11 Å². The first-order chi connectivity index (χ1) is 10.1. The van der Waals surface area contributed by atoms with Gasteiger partial charge in [0.1, 0.15) is 18.1 Å². The van der Waals surface area contributed by atoms with Gasteiger partial charge in [-0.15, -0.1) is 0 Å². The number of anilines is 1. The molecule has 108 valence electrons. The molecule has 1 N–H and O–H groups in total. The van der Waals surface area contributed by atoms with Gasteiger partial charge in [0.25, 0.3) is 0 Å². The van der Waals surface area contributed by atoms with Crippen LogP contribution in [0.4, 0.5) is 5.95 Å². The summed E-state index contributed by atoms with van der Waals surface area (Å²) in [5.41, 5.74) is 2.34. The van der Waals surface area contributed by atoms with Crippen molar-refractivity contribution in [3.63, 3.8) is 0 Å². The number of para-hydroxylation sites is 1. The molecule has 0 saturated carbocycles. The molecule has 3 rings (SSSR count). The van der Waals surface area contributed by atoms with Gasteiger partial charge in [-0.2, -0.15) is 10.1 Å². The van der Waals surface area contributed by atoms with Crippen molar-refractivity contribution in [2.45, 2.75) is 19.9 Å². The smallest absolute Gasteiger partial charge is 0.226 e. The Morgan fingerprint density at radius 2 is 2.14 bits per heavy atom. The Kier molecular flexibility index (Phi) is 3.21. The Labute approximate surface area is 122 Å². The second-order valence-corrected chi connectivity index (χ2v) is 4.89. The highest BCUT2D eigenvalue weighted by molar-refractivity contribution is 5.96. The molecule has 1 aliphatic rings. The molecule has 6 nitrogen and oxygen atoms in total. The van der Waals surface area contributed by atoms with Gasteiger partial charge in [0, 0.05) is 16.8 Å². The molecule has 0 bridgehead atoms. The molecule has 2 heterocycles. The van der Waals surface area contributed by atoms with Crippen molar-refractivity contribution in [3.8, 4) is 5.75 Å². The number of carbonyl (C=O) groups excluding carboxylic acids is 1. The summed E-state index contributed by atoms with van der Waals surface area (Å²) in [5, 5.41) is 7.37. The van der Waals surface area contributed by atoms with Crippen molar-refractivity contribution in [2.75, 3.05) is 12.4 Å². The van der Waals surface area contributed by atoms with E-state index in [1.807, 2.05) is 31.2 Å². The topological polar surface area (TPSA) is 69.0 Å². The molecule has 6 heteroatoms. The lowest BCUT2D eigenvalue weighted by Gasteiger charge is -2.28. The number of ketones is 1. The lowest BCUT2D eigenvalue weighted by Crippen LogP contribution is -2.28. The van der Waals surface area contributed by atoms with Crippen molar-refractivity contribution >= 4 is 11.7 Å². The molecular formula is C15H16N4O2. The third-order valence-electron chi connectivity index (χ3n) is 3.61. The monoisotopic (exact) mass is 284 g/mol. The number of Topliss-reactive ketones (excluding diaryl/α,β-unsaturated/α-hetero) is 1. The van der Waals surface area contributed by atoms with Crippen LogP contribution in [0.2, 0.25) is 0 Å². The van der Waals surface area contributed by atoms with Crippen molar-refractivity contribution in [1.82, 2.24) is 14.8 Å². The van der Waals surface area contributed by atoms with Crippen molar-refractivity contribution < 1.29 is 9.53 Å². The Hall–Kier alpha value is -2.63. The fourth-order valence-electron chi connectivity index (χ4n) is 2.73. The van der Waals surface area contributed by atoms with E-state index in [0.717, 1.165) is 17.0 Å². The number of hydrogen-bond acceptors (Lipinski definition) is 5. The minimum Gasteiger partial charge on any atom is -0.496 e. The molecule has 0 saturated heterocycles. The summed E-state index contributed by atoms with van der Waals surface area (Å²) in [6.07, 6.45) is 1.47. The molecule has 1 aromatic heterocycles. The van der Waals surface area contributed by atoms with Gasteiger partial charge in [-0.05, 0) is 19.9 Å². The fraction of sp³-hybridized carbons (Fsp3) is 0.267. The van der Waals surface area contributed by atoms with E-state index in [2.05, 4.69) is 15.4 Å². The van der Waals surface area contributed by atoms with Crippen molar-refractivity contribution in [1.29, 1.82) is 0 Å². The first-order valence-electron chi connectivity index (χ1n) is 6.64. The quantitative estimate of drug-likeness (QED) is 0.935. The molecule has 21 heavy (non-hydrogen) atoms. The van der Waals surface area contributed by atoms with Crippen LogP contribution in [0.1, 0.15) is 25.5 Å². The van der Waals surface area contributed by atoms with Crippen LogP contribution in [0.5, 0.6) is 5.75 Å². The number of nitrogens with one attached hydrogen (secondary N) is 1. The molecule has 0 aliphatic carbocycles. The standard InChI is InChI=1S/C15H16N4O2/c1-9-13(10(2)20)14(19-15(18-9)16-8-17-19)11-6-4-5-7-12(11)21-3/h4-8,14H,1-3H3,(H,16,17,18)/t14-/m1/s1. The summed E-state index contributed by atoms with van der Waals surface area (Å²) < 4.78 is 7.15. The average molecular weight is 284 g/mol. The third kappa shape index (κ3) is 2.08. The van der Waals surface area contributed by atoms with Crippen LogP contribution in [-0.2, 0) is 4.79 Å². The van der Waals surface area contributed by atoms with E-state index < -0.39 is 0 Å². The number of methoxy groups -OCH3 is 1. The number of allylic oxidation sites excluding steroid dienone is 2. The summed E-state index contributed by atoms with van der Waals surface area (Å²) in [6.45, 7) is 3.43. The minimum absolute atomic E-state index is 0.00273. The van der Waals surface area contributed by atoms with Crippen LogP contribution in [0.15, 0.2) is 41.9 Å². The van der Waals surface area contributed by atoms with E-state index in [0.29, 0.717) is 11.5 Å². The van der Waals surface area contributed by atoms with Crippen LogP contribution < -0.4 is 10.1 Å². The molecular weight excluding hydrogens is 268 g/mol. The SMILES string of the molecule is COc1ccccc1[C@@H]1C(C(C)=O)=C(C)Nc2ncnn21. The van der Waals surface area contributed by atoms with Gasteiger partial charge in [0.2, 0.25) is 5.95 Å². The first-order valence-corrected chi connectivity index (χ1v) is 6.64. The Bertz CT molecular complexity index is 733. The molecule has 0 unspecified atom stereocenters. The van der Waals surface area contributed by atoms with Gasteiger partial charge in [-0.1, -0.05) is 18.2 Å². The number of fused-ring (bicyclic) bond motifs is 1. The fourth-order valence-corrected chi connectivity index (χ4v) is 2.73. The van der Waals surface area contributed by atoms with E-state index in [4.69, 9.17) is 4.74 Å². The van der Waals surface area contributed by atoms with Crippen molar-refractivity contribution in [3.05, 3.63) is 47.4 Å². The predicted octanol–water partition coefficient (Wildman–Crippen LogP) is 2.16. The number of ether oxygens (including phenoxy) is 1. The van der Waals surface area contributed by atoms with Gasteiger partial charge in [0.15, 0.2) is 5.78 Å². The van der Waals surface area contributed by atoms with Gasteiger partial charge >= 0.3 is 0 Å². The van der Waals surface area contributed by atoms with Gasteiger partial charge in [-0.25, -0.2) is 4.68 Å². The minimum atomic E-state index is -0.336. The number of carbonyl (C=O) groups is 1. The van der Waals surface area contributed by atoms with E-state index in [9.17, 15) is 4.79 Å². The molecule has 1 atom stereocenters. The van der Waals surface area contributed by atoms with Gasteiger partial charge in [-0.3, -0.25) is 4.79 Å². The van der Waals surface area contributed by atoms with E-state index >= 15 is 0 Å². The maximum absolute atomic E-state index is 12.1. The Morgan fingerprint density at radius 3 is 2.86 bits per heavy atom.